The van der Waals surface area contributed by atoms with Gasteiger partial charge in [-0.15, -0.1) is 0 Å². The van der Waals surface area contributed by atoms with E-state index in [1.807, 2.05) is 0 Å². The van der Waals surface area contributed by atoms with Crippen molar-refractivity contribution in [1.29, 1.82) is 0 Å². The van der Waals surface area contributed by atoms with Crippen LogP contribution in [0.15, 0.2) is 60.7 Å². The third-order valence-corrected chi connectivity index (χ3v) is 4.05. The normalized spacial score (nSPS) is 20.2. The van der Waals surface area contributed by atoms with E-state index in [2.05, 4.69) is 5.32 Å². The van der Waals surface area contributed by atoms with Crippen LogP contribution in [-0.4, -0.2) is 22.7 Å². The van der Waals surface area contributed by atoms with E-state index in [4.69, 9.17) is 0 Å². The first-order valence-electron chi connectivity index (χ1n) is 7.61. The monoisotopic (exact) mass is 338 g/mol. The topological polar surface area (TPSA) is 66.5 Å². The van der Waals surface area contributed by atoms with Gasteiger partial charge in [0.05, 0.1) is 0 Å². The molecule has 4 amide bonds. The van der Waals surface area contributed by atoms with Gasteiger partial charge in [0, 0.05) is 6.08 Å². The summed E-state index contributed by atoms with van der Waals surface area (Å²) >= 11 is 0. The SMILES string of the molecule is CC1(c2ccccc2)NC(=O)N(C(=O)/C=C/c2ccc(F)cc2)C1=O. The van der Waals surface area contributed by atoms with E-state index in [9.17, 15) is 18.8 Å². The van der Waals surface area contributed by atoms with Crippen molar-refractivity contribution in [1.82, 2.24) is 10.2 Å². The van der Waals surface area contributed by atoms with E-state index in [1.165, 1.54) is 30.3 Å². The quantitative estimate of drug-likeness (QED) is 0.691. The van der Waals surface area contributed by atoms with Gasteiger partial charge in [-0.25, -0.2) is 9.18 Å². The summed E-state index contributed by atoms with van der Waals surface area (Å²) in [7, 11) is 0. The van der Waals surface area contributed by atoms with E-state index in [0.717, 1.165) is 6.08 Å². The maximum atomic E-state index is 12.9. The second kappa shape index (κ2) is 6.32. The molecule has 6 heteroatoms. The highest BCUT2D eigenvalue weighted by Crippen LogP contribution is 2.28. The van der Waals surface area contributed by atoms with Gasteiger partial charge in [-0.1, -0.05) is 42.5 Å². The molecule has 2 aromatic carbocycles. The highest BCUT2D eigenvalue weighted by Gasteiger charge is 2.51. The number of urea groups is 1. The second-order valence-electron chi connectivity index (χ2n) is 5.78. The summed E-state index contributed by atoms with van der Waals surface area (Å²) < 4.78 is 12.9. The van der Waals surface area contributed by atoms with Crippen LogP contribution in [0.25, 0.3) is 6.08 Å². The third kappa shape index (κ3) is 3.06. The van der Waals surface area contributed by atoms with Crippen LogP contribution in [0, 0.1) is 5.82 Å². The Balaban J connectivity index is 1.83. The molecule has 0 saturated carbocycles. The van der Waals surface area contributed by atoms with E-state index < -0.39 is 29.2 Å². The molecule has 1 aliphatic rings. The van der Waals surface area contributed by atoms with Gasteiger partial charge in [-0.2, -0.15) is 4.90 Å². The molecule has 25 heavy (non-hydrogen) atoms. The zero-order chi connectivity index (χ0) is 18.0. The first kappa shape index (κ1) is 16.6. The smallest absolute Gasteiger partial charge is 0.319 e. The predicted octanol–water partition coefficient (Wildman–Crippen LogP) is 2.83. The number of halogens is 1. The second-order valence-corrected chi connectivity index (χ2v) is 5.78. The van der Waals surface area contributed by atoms with Crippen molar-refractivity contribution >= 4 is 23.9 Å². The van der Waals surface area contributed by atoms with Gasteiger partial charge >= 0.3 is 6.03 Å². The zero-order valence-corrected chi connectivity index (χ0v) is 13.4. The van der Waals surface area contributed by atoms with Crippen molar-refractivity contribution in [3.63, 3.8) is 0 Å². The van der Waals surface area contributed by atoms with Crippen molar-refractivity contribution in [3.8, 4) is 0 Å². The lowest BCUT2D eigenvalue weighted by molar-refractivity contribution is -0.139. The molecule has 0 radical (unpaired) electrons. The molecule has 1 heterocycles. The average molecular weight is 338 g/mol. The van der Waals surface area contributed by atoms with Crippen molar-refractivity contribution in [3.05, 3.63) is 77.6 Å². The molecule has 0 bridgehead atoms. The van der Waals surface area contributed by atoms with Crippen LogP contribution in [0.4, 0.5) is 9.18 Å². The first-order chi connectivity index (χ1) is 11.9. The Hall–Kier alpha value is -3.28. The Morgan fingerprint density at radius 3 is 2.36 bits per heavy atom. The Morgan fingerprint density at radius 2 is 1.72 bits per heavy atom. The molecule has 3 rings (SSSR count). The molecule has 1 unspecified atom stereocenters. The van der Waals surface area contributed by atoms with Crippen LogP contribution in [0.1, 0.15) is 18.1 Å². The number of benzene rings is 2. The Labute approximate surface area is 143 Å². The minimum absolute atomic E-state index is 0.392. The van der Waals surface area contributed by atoms with Crippen LogP contribution in [-0.2, 0) is 15.1 Å². The first-order valence-corrected chi connectivity index (χ1v) is 7.61. The van der Waals surface area contributed by atoms with E-state index in [-0.39, 0.29) is 0 Å². The highest BCUT2D eigenvalue weighted by molar-refractivity contribution is 6.21. The molecule has 1 aliphatic heterocycles. The van der Waals surface area contributed by atoms with Gasteiger partial charge in [0.2, 0.25) is 0 Å². The molecule has 0 aliphatic carbocycles. The lowest BCUT2D eigenvalue weighted by Gasteiger charge is -2.21. The molecule has 1 fully saturated rings. The van der Waals surface area contributed by atoms with Gasteiger partial charge in [0.1, 0.15) is 11.4 Å². The van der Waals surface area contributed by atoms with Crippen molar-refractivity contribution in [2.45, 2.75) is 12.5 Å². The van der Waals surface area contributed by atoms with Crippen LogP contribution < -0.4 is 5.32 Å². The number of nitrogens with zero attached hydrogens (tertiary/aromatic N) is 1. The van der Waals surface area contributed by atoms with Gasteiger partial charge in [0.15, 0.2) is 0 Å². The van der Waals surface area contributed by atoms with Crippen LogP contribution in [0.2, 0.25) is 0 Å². The number of hydrogen-bond donors (Lipinski definition) is 1. The van der Waals surface area contributed by atoms with E-state index in [0.29, 0.717) is 16.0 Å². The molecule has 0 spiro atoms. The fourth-order valence-corrected chi connectivity index (χ4v) is 2.62. The third-order valence-electron chi connectivity index (χ3n) is 4.05. The fraction of sp³-hybridized carbons (Fsp3) is 0.105. The Bertz CT molecular complexity index is 862. The molecule has 2 aromatic rings. The summed E-state index contributed by atoms with van der Waals surface area (Å²) in [5.41, 5.74) is -0.128. The van der Waals surface area contributed by atoms with Crippen LogP contribution >= 0.6 is 0 Å². The standard InChI is InChI=1S/C19H15FN2O3/c1-19(14-5-3-2-4-6-14)17(24)22(18(25)21-19)16(23)12-9-13-7-10-15(20)11-8-13/h2-12H,1H3,(H,21,25)/b12-9+. The molecule has 1 N–H and O–H groups in total. The summed E-state index contributed by atoms with van der Waals surface area (Å²) in [5.74, 6) is -1.79. The maximum Gasteiger partial charge on any atom is 0.332 e. The molecular formula is C19H15FN2O3. The minimum Gasteiger partial charge on any atom is -0.319 e. The summed E-state index contributed by atoms with van der Waals surface area (Å²) in [5, 5.41) is 2.57. The molecule has 1 atom stereocenters. The summed E-state index contributed by atoms with van der Waals surface area (Å²) in [6.07, 6.45) is 2.53. The summed E-state index contributed by atoms with van der Waals surface area (Å²) in [4.78, 5) is 37.7. The summed E-state index contributed by atoms with van der Waals surface area (Å²) in [6, 6.07) is 13.4. The van der Waals surface area contributed by atoms with Gasteiger partial charge in [-0.05, 0) is 36.3 Å². The van der Waals surface area contributed by atoms with E-state index >= 15 is 0 Å². The molecule has 0 aromatic heterocycles. The van der Waals surface area contributed by atoms with Crippen LogP contribution in [0.5, 0.6) is 0 Å². The van der Waals surface area contributed by atoms with E-state index in [1.54, 1.807) is 37.3 Å². The van der Waals surface area contributed by atoms with Crippen molar-refractivity contribution < 1.29 is 18.8 Å². The van der Waals surface area contributed by atoms with Gasteiger partial charge < -0.3 is 5.32 Å². The molecular weight excluding hydrogens is 323 g/mol. The Kier molecular flexibility index (Phi) is 4.19. The summed E-state index contributed by atoms with van der Waals surface area (Å²) in [6.45, 7) is 1.56. The maximum absolute atomic E-state index is 12.9. The molecule has 5 nitrogen and oxygen atoms in total. The number of hydrogen-bond acceptors (Lipinski definition) is 3. The average Bonchev–Trinajstić information content (AvgIpc) is 2.85. The number of nitrogens with one attached hydrogen (secondary N) is 1. The number of carbonyl (C=O) groups is 3. The largest absolute Gasteiger partial charge is 0.332 e. The van der Waals surface area contributed by atoms with Gasteiger partial charge in [-0.3, -0.25) is 9.59 Å². The fourth-order valence-electron chi connectivity index (χ4n) is 2.62. The lowest BCUT2D eigenvalue weighted by Crippen LogP contribution is -2.41. The lowest BCUT2D eigenvalue weighted by atomic mass is 9.92. The van der Waals surface area contributed by atoms with Gasteiger partial charge in [0.25, 0.3) is 11.8 Å². The number of rotatable bonds is 3. The predicted molar refractivity (Wildman–Crippen MR) is 89.6 cm³/mol. The highest BCUT2D eigenvalue weighted by atomic mass is 19.1. The minimum atomic E-state index is -1.29. The number of imide groups is 3. The number of carbonyl (C=O) groups excluding carboxylic acids is 3. The van der Waals surface area contributed by atoms with Crippen molar-refractivity contribution in [2.75, 3.05) is 0 Å². The van der Waals surface area contributed by atoms with Crippen molar-refractivity contribution in [2.24, 2.45) is 0 Å². The number of amides is 4. The van der Waals surface area contributed by atoms with Crippen LogP contribution in [0.3, 0.4) is 0 Å². The molecule has 126 valence electrons. The zero-order valence-electron chi connectivity index (χ0n) is 13.4. The molecule has 1 saturated heterocycles. The Morgan fingerprint density at radius 1 is 1.08 bits per heavy atom.